The van der Waals surface area contributed by atoms with Crippen molar-refractivity contribution in [3.8, 4) is 0 Å². The van der Waals surface area contributed by atoms with Crippen molar-refractivity contribution < 1.29 is 4.79 Å². The van der Waals surface area contributed by atoms with Gasteiger partial charge in [-0.15, -0.1) is 24.8 Å². The fourth-order valence-corrected chi connectivity index (χ4v) is 2.71. The number of hydrogen-bond acceptors (Lipinski definition) is 4. The van der Waals surface area contributed by atoms with Crippen LogP contribution in [0.4, 0.5) is 5.69 Å². The summed E-state index contributed by atoms with van der Waals surface area (Å²) in [7, 11) is 0. The predicted octanol–water partition coefficient (Wildman–Crippen LogP) is 2.50. The van der Waals surface area contributed by atoms with Crippen LogP contribution < -0.4 is 10.6 Å². The molecule has 1 atom stereocenters. The third kappa shape index (κ3) is 6.11. The van der Waals surface area contributed by atoms with Crippen molar-refractivity contribution in [3.05, 3.63) is 42.5 Å². The maximum absolute atomic E-state index is 12.0. The highest BCUT2D eigenvalue weighted by Gasteiger charge is 2.15. The van der Waals surface area contributed by atoms with Crippen LogP contribution in [-0.2, 0) is 11.3 Å². The molecule has 2 heterocycles. The van der Waals surface area contributed by atoms with Crippen LogP contribution in [0.15, 0.2) is 36.9 Å². The lowest BCUT2D eigenvalue weighted by atomic mass is 10.0. The molecule has 1 aliphatic rings. The summed E-state index contributed by atoms with van der Waals surface area (Å²) in [6.45, 7) is 2.81. The van der Waals surface area contributed by atoms with E-state index in [1.54, 1.807) is 11.0 Å². The number of rotatable bonds is 6. The Labute approximate surface area is 154 Å². The monoisotopic (exact) mass is 371 g/mol. The molecule has 1 fully saturated rings. The lowest BCUT2D eigenvalue weighted by Crippen LogP contribution is -2.15. The first kappa shape index (κ1) is 20.4. The molecule has 2 aromatic rings. The highest BCUT2D eigenvalue weighted by Crippen LogP contribution is 2.16. The second-order valence-corrected chi connectivity index (χ2v) is 5.74. The molecule has 0 saturated carbocycles. The number of aromatic nitrogens is 3. The van der Waals surface area contributed by atoms with Gasteiger partial charge in [-0.05, 0) is 49.5 Å². The molecular formula is C16H23Cl2N5O. The van der Waals surface area contributed by atoms with Crippen LogP contribution in [0.25, 0.3) is 0 Å². The number of nitrogens with one attached hydrogen (secondary N) is 2. The summed E-state index contributed by atoms with van der Waals surface area (Å²) in [5.74, 6) is 0.742. The highest BCUT2D eigenvalue weighted by molar-refractivity contribution is 5.90. The quantitative estimate of drug-likeness (QED) is 0.817. The Kier molecular flexibility index (Phi) is 8.74. The van der Waals surface area contributed by atoms with Gasteiger partial charge in [0, 0.05) is 12.1 Å². The van der Waals surface area contributed by atoms with Crippen molar-refractivity contribution in [2.45, 2.75) is 25.8 Å². The summed E-state index contributed by atoms with van der Waals surface area (Å²) in [6, 6.07) is 7.86. The van der Waals surface area contributed by atoms with Crippen LogP contribution in [0.2, 0.25) is 0 Å². The lowest BCUT2D eigenvalue weighted by Gasteiger charge is -2.09. The summed E-state index contributed by atoms with van der Waals surface area (Å²) >= 11 is 0. The Morgan fingerprint density at radius 1 is 1.29 bits per heavy atom. The van der Waals surface area contributed by atoms with Gasteiger partial charge >= 0.3 is 0 Å². The molecule has 1 unspecified atom stereocenters. The number of amides is 1. The fourth-order valence-electron chi connectivity index (χ4n) is 2.71. The molecule has 1 aromatic heterocycles. The Morgan fingerprint density at radius 2 is 2.08 bits per heavy atom. The lowest BCUT2D eigenvalue weighted by molar-refractivity contribution is -0.116. The molecule has 1 amide bonds. The summed E-state index contributed by atoms with van der Waals surface area (Å²) in [5.41, 5.74) is 1.97. The Balaban J connectivity index is 0.00000144. The van der Waals surface area contributed by atoms with Crippen LogP contribution in [-0.4, -0.2) is 33.8 Å². The predicted molar refractivity (Wildman–Crippen MR) is 98.9 cm³/mol. The third-order valence-electron chi connectivity index (χ3n) is 3.99. The summed E-state index contributed by atoms with van der Waals surface area (Å²) < 4.78 is 1.77. The van der Waals surface area contributed by atoms with E-state index in [4.69, 9.17) is 0 Å². The number of halogens is 2. The number of anilines is 1. The summed E-state index contributed by atoms with van der Waals surface area (Å²) in [4.78, 5) is 15.9. The SMILES string of the molecule is Cl.Cl.O=C(CCC1CCNC1)Nc1ccc(Cn2cncn2)cc1. The van der Waals surface area contributed by atoms with Crippen molar-refractivity contribution in [2.24, 2.45) is 5.92 Å². The topological polar surface area (TPSA) is 71.8 Å². The molecule has 6 nitrogen and oxygen atoms in total. The van der Waals surface area contributed by atoms with E-state index in [0.717, 1.165) is 30.8 Å². The molecule has 24 heavy (non-hydrogen) atoms. The average Bonchev–Trinajstić information content (AvgIpc) is 3.20. The van der Waals surface area contributed by atoms with Crippen LogP contribution >= 0.6 is 24.8 Å². The van der Waals surface area contributed by atoms with Gasteiger partial charge in [-0.2, -0.15) is 5.10 Å². The van der Waals surface area contributed by atoms with Crippen LogP contribution in [0.3, 0.4) is 0 Å². The first-order valence-electron chi connectivity index (χ1n) is 7.71. The number of carbonyl (C=O) groups excluding carboxylic acids is 1. The van der Waals surface area contributed by atoms with E-state index in [1.807, 2.05) is 24.3 Å². The minimum atomic E-state index is 0. The number of nitrogens with zero attached hydrogens (tertiary/aromatic N) is 3. The van der Waals surface area contributed by atoms with Crippen molar-refractivity contribution in [1.29, 1.82) is 0 Å². The number of carbonyl (C=O) groups is 1. The van der Waals surface area contributed by atoms with Gasteiger partial charge in [-0.25, -0.2) is 9.67 Å². The van der Waals surface area contributed by atoms with E-state index >= 15 is 0 Å². The third-order valence-corrected chi connectivity index (χ3v) is 3.99. The van der Waals surface area contributed by atoms with Gasteiger partial charge in [-0.3, -0.25) is 4.79 Å². The molecule has 3 rings (SSSR count). The zero-order valence-corrected chi connectivity index (χ0v) is 15.0. The maximum Gasteiger partial charge on any atom is 0.224 e. The highest BCUT2D eigenvalue weighted by atomic mass is 35.5. The minimum Gasteiger partial charge on any atom is -0.326 e. The van der Waals surface area contributed by atoms with Gasteiger partial charge in [0.15, 0.2) is 0 Å². The van der Waals surface area contributed by atoms with Gasteiger partial charge in [-0.1, -0.05) is 12.1 Å². The Hall–Kier alpha value is -1.63. The minimum absolute atomic E-state index is 0. The standard InChI is InChI=1S/C16H21N5O.2ClH/c22-16(6-3-13-7-8-17-9-13)20-15-4-1-14(2-5-15)10-21-12-18-11-19-21;;/h1-2,4-5,11-13,17H,3,6-10H2,(H,20,22);2*1H. The van der Waals surface area contributed by atoms with Gasteiger partial charge < -0.3 is 10.6 Å². The van der Waals surface area contributed by atoms with E-state index in [1.165, 1.54) is 12.7 Å². The Morgan fingerprint density at radius 3 is 2.71 bits per heavy atom. The van der Waals surface area contributed by atoms with E-state index in [0.29, 0.717) is 18.9 Å². The number of hydrogen-bond donors (Lipinski definition) is 2. The van der Waals surface area contributed by atoms with Crippen molar-refractivity contribution in [1.82, 2.24) is 20.1 Å². The average molecular weight is 372 g/mol. The van der Waals surface area contributed by atoms with E-state index in [9.17, 15) is 4.79 Å². The van der Waals surface area contributed by atoms with Gasteiger partial charge in [0.25, 0.3) is 0 Å². The molecular weight excluding hydrogens is 349 g/mol. The molecule has 1 saturated heterocycles. The molecule has 2 N–H and O–H groups in total. The molecule has 0 aliphatic carbocycles. The molecule has 1 aliphatic heterocycles. The molecule has 0 radical (unpaired) electrons. The van der Waals surface area contributed by atoms with Crippen LogP contribution in [0.5, 0.6) is 0 Å². The molecule has 1 aromatic carbocycles. The molecule has 132 valence electrons. The van der Waals surface area contributed by atoms with Crippen molar-refractivity contribution >= 4 is 36.4 Å². The smallest absolute Gasteiger partial charge is 0.224 e. The first-order valence-corrected chi connectivity index (χ1v) is 7.71. The van der Waals surface area contributed by atoms with Crippen LogP contribution in [0.1, 0.15) is 24.8 Å². The van der Waals surface area contributed by atoms with E-state index < -0.39 is 0 Å². The molecule has 8 heteroatoms. The zero-order valence-electron chi connectivity index (χ0n) is 13.4. The zero-order chi connectivity index (χ0) is 15.2. The Bertz CT molecular complexity index is 597. The number of benzene rings is 1. The second-order valence-electron chi connectivity index (χ2n) is 5.74. The molecule has 0 bridgehead atoms. The summed E-state index contributed by atoms with van der Waals surface area (Å²) in [6.07, 6.45) is 5.95. The normalized spacial score (nSPS) is 16.1. The van der Waals surface area contributed by atoms with Gasteiger partial charge in [0.1, 0.15) is 12.7 Å². The van der Waals surface area contributed by atoms with Crippen molar-refractivity contribution in [2.75, 3.05) is 18.4 Å². The van der Waals surface area contributed by atoms with Crippen molar-refractivity contribution in [3.63, 3.8) is 0 Å². The van der Waals surface area contributed by atoms with E-state index in [-0.39, 0.29) is 30.7 Å². The molecule has 0 spiro atoms. The van der Waals surface area contributed by atoms with Crippen LogP contribution in [0, 0.1) is 5.92 Å². The van der Waals surface area contributed by atoms with E-state index in [2.05, 4.69) is 20.7 Å². The first-order chi connectivity index (χ1) is 10.8. The largest absolute Gasteiger partial charge is 0.326 e. The van der Waals surface area contributed by atoms with Gasteiger partial charge in [0.2, 0.25) is 5.91 Å². The summed E-state index contributed by atoms with van der Waals surface area (Å²) in [5, 5.41) is 10.4. The van der Waals surface area contributed by atoms with Gasteiger partial charge in [0.05, 0.1) is 6.54 Å². The maximum atomic E-state index is 12.0. The second kappa shape index (κ2) is 10.3. The fraction of sp³-hybridized carbons (Fsp3) is 0.438.